The molecule has 0 aliphatic carbocycles. The van der Waals surface area contributed by atoms with Crippen molar-refractivity contribution in [2.75, 3.05) is 6.61 Å². The zero-order valence-electron chi connectivity index (χ0n) is 10.7. The Morgan fingerprint density at radius 1 is 1.53 bits per heavy atom. The summed E-state index contributed by atoms with van der Waals surface area (Å²) in [5, 5.41) is 15.7. The van der Waals surface area contributed by atoms with Crippen LogP contribution in [0.25, 0.3) is 0 Å². The standard InChI is InChI=1S/C13H16N4O2/c1-17-9-10(8-15-17)5-6-19-12-4-2-3-11(7-12)13(14)16-18/h2-4,7-9,18H,5-6H2,1H3,(H2,14,16). The molecular formula is C13H16N4O2. The Bertz CT molecular complexity index is 578. The third kappa shape index (κ3) is 3.48. The van der Waals surface area contributed by atoms with Crippen molar-refractivity contribution in [3.63, 3.8) is 0 Å². The first-order valence-electron chi connectivity index (χ1n) is 5.87. The zero-order chi connectivity index (χ0) is 13.7. The summed E-state index contributed by atoms with van der Waals surface area (Å²) >= 11 is 0. The summed E-state index contributed by atoms with van der Waals surface area (Å²) in [7, 11) is 1.88. The van der Waals surface area contributed by atoms with Crippen molar-refractivity contribution in [2.45, 2.75) is 6.42 Å². The van der Waals surface area contributed by atoms with Crippen LogP contribution in [0.3, 0.4) is 0 Å². The number of oxime groups is 1. The van der Waals surface area contributed by atoms with Crippen LogP contribution >= 0.6 is 0 Å². The fourth-order valence-corrected chi connectivity index (χ4v) is 1.69. The van der Waals surface area contributed by atoms with Crippen molar-refractivity contribution in [1.29, 1.82) is 0 Å². The van der Waals surface area contributed by atoms with Gasteiger partial charge in [0.2, 0.25) is 0 Å². The van der Waals surface area contributed by atoms with E-state index in [1.807, 2.05) is 25.5 Å². The van der Waals surface area contributed by atoms with Crippen LogP contribution in [0.5, 0.6) is 5.75 Å². The van der Waals surface area contributed by atoms with Crippen molar-refractivity contribution < 1.29 is 9.94 Å². The van der Waals surface area contributed by atoms with E-state index in [2.05, 4.69) is 10.3 Å². The van der Waals surface area contributed by atoms with Gasteiger partial charge in [0.1, 0.15) is 5.75 Å². The van der Waals surface area contributed by atoms with Gasteiger partial charge < -0.3 is 15.7 Å². The van der Waals surface area contributed by atoms with E-state index in [1.54, 1.807) is 22.9 Å². The number of ether oxygens (including phenoxy) is 1. The van der Waals surface area contributed by atoms with Gasteiger partial charge in [0.15, 0.2) is 5.84 Å². The fourth-order valence-electron chi connectivity index (χ4n) is 1.69. The molecule has 0 unspecified atom stereocenters. The summed E-state index contributed by atoms with van der Waals surface area (Å²) in [5.41, 5.74) is 7.27. The predicted octanol–water partition coefficient (Wildman–Crippen LogP) is 1.14. The van der Waals surface area contributed by atoms with Gasteiger partial charge in [0, 0.05) is 25.2 Å². The normalized spacial score (nSPS) is 11.5. The van der Waals surface area contributed by atoms with E-state index >= 15 is 0 Å². The topological polar surface area (TPSA) is 85.7 Å². The van der Waals surface area contributed by atoms with Crippen molar-refractivity contribution in [3.8, 4) is 5.75 Å². The van der Waals surface area contributed by atoms with Gasteiger partial charge in [0.25, 0.3) is 0 Å². The third-order valence-corrected chi connectivity index (χ3v) is 2.66. The first kappa shape index (κ1) is 12.9. The quantitative estimate of drug-likeness (QED) is 0.365. The highest BCUT2D eigenvalue weighted by molar-refractivity contribution is 5.97. The molecule has 0 saturated carbocycles. The van der Waals surface area contributed by atoms with Gasteiger partial charge in [0.05, 0.1) is 12.8 Å². The summed E-state index contributed by atoms with van der Waals surface area (Å²) in [6.45, 7) is 0.547. The maximum absolute atomic E-state index is 8.62. The number of rotatable bonds is 5. The average Bonchev–Trinajstić information content (AvgIpc) is 2.84. The highest BCUT2D eigenvalue weighted by Gasteiger charge is 2.02. The second-order valence-corrected chi connectivity index (χ2v) is 4.13. The smallest absolute Gasteiger partial charge is 0.170 e. The summed E-state index contributed by atoms with van der Waals surface area (Å²) in [6, 6.07) is 7.12. The lowest BCUT2D eigenvalue weighted by Gasteiger charge is -2.06. The highest BCUT2D eigenvalue weighted by atomic mass is 16.5. The molecule has 0 aliphatic rings. The second-order valence-electron chi connectivity index (χ2n) is 4.13. The molecule has 2 aromatic rings. The fraction of sp³-hybridized carbons (Fsp3) is 0.231. The summed E-state index contributed by atoms with van der Waals surface area (Å²) < 4.78 is 7.38. The minimum Gasteiger partial charge on any atom is -0.493 e. The maximum Gasteiger partial charge on any atom is 0.170 e. The lowest BCUT2D eigenvalue weighted by atomic mass is 10.2. The lowest BCUT2D eigenvalue weighted by Crippen LogP contribution is -2.13. The predicted molar refractivity (Wildman–Crippen MR) is 71.4 cm³/mol. The Balaban J connectivity index is 1.92. The molecule has 0 radical (unpaired) electrons. The third-order valence-electron chi connectivity index (χ3n) is 2.66. The van der Waals surface area contributed by atoms with Crippen LogP contribution in [-0.4, -0.2) is 27.4 Å². The lowest BCUT2D eigenvalue weighted by molar-refractivity contribution is 0.318. The molecule has 1 aromatic carbocycles. The molecule has 1 aromatic heterocycles. The molecule has 100 valence electrons. The van der Waals surface area contributed by atoms with Crippen molar-refractivity contribution in [1.82, 2.24) is 9.78 Å². The molecule has 0 spiro atoms. The Hall–Kier alpha value is -2.50. The van der Waals surface area contributed by atoms with Gasteiger partial charge in [-0.2, -0.15) is 5.10 Å². The number of hydrogen-bond donors (Lipinski definition) is 2. The number of aryl methyl sites for hydroxylation is 1. The van der Waals surface area contributed by atoms with Gasteiger partial charge in [-0.05, 0) is 17.7 Å². The van der Waals surface area contributed by atoms with E-state index < -0.39 is 0 Å². The van der Waals surface area contributed by atoms with Crippen LogP contribution in [0.15, 0.2) is 41.8 Å². The van der Waals surface area contributed by atoms with Gasteiger partial charge in [-0.1, -0.05) is 17.3 Å². The van der Waals surface area contributed by atoms with Gasteiger partial charge in [-0.15, -0.1) is 0 Å². The van der Waals surface area contributed by atoms with Crippen LogP contribution < -0.4 is 10.5 Å². The Labute approximate surface area is 111 Å². The molecule has 0 atom stereocenters. The van der Waals surface area contributed by atoms with Crippen LogP contribution in [-0.2, 0) is 13.5 Å². The maximum atomic E-state index is 8.62. The van der Waals surface area contributed by atoms with Gasteiger partial charge in [-0.3, -0.25) is 4.68 Å². The molecule has 6 nitrogen and oxygen atoms in total. The summed E-state index contributed by atoms with van der Waals surface area (Å²) in [6.07, 6.45) is 4.55. The minimum absolute atomic E-state index is 0.0673. The SMILES string of the molecule is Cn1cc(CCOc2cccc(/C(N)=N/O)c2)cn1. The van der Waals surface area contributed by atoms with Crippen LogP contribution in [0.4, 0.5) is 0 Å². The van der Waals surface area contributed by atoms with Crippen molar-refractivity contribution >= 4 is 5.84 Å². The minimum atomic E-state index is 0.0673. The number of nitrogens with zero attached hydrogens (tertiary/aromatic N) is 3. The molecule has 0 amide bonds. The monoisotopic (exact) mass is 260 g/mol. The molecule has 0 fully saturated rings. The number of amidine groups is 1. The first-order valence-corrected chi connectivity index (χ1v) is 5.87. The van der Waals surface area contributed by atoms with E-state index in [0.717, 1.165) is 12.0 Å². The molecule has 1 heterocycles. The van der Waals surface area contributed by atoms with E-state index in [0.29, 0.717) is 17.9 Å². The number of hydrogen-bond acceptors (Lipinski definition) is 4. The molecule has 19 heavy (non-hydrogen) atoms. The van der Waals surface area contributed by atoms with Crippen LogP contribution in [0, 0.1) is 0 Å². The average molecular weight is 260 g/mol. The molecule has 0 saturated heterocycles. The number of nitrogens with two attached hydrogens (primary N) is 1. The molecule has 0 aliphatic heterocycles. The number of benzene rings is 1. The Morgan fingerprint density at radius 3 is 3.05 bits per heavy atom. The van der Waals surface area contributed by atoms with E-state index in [1.165, 1.54) is 0 Å². The van der Waals surface area contributed by atoms with Crippen molar-refractivity contribution in [2.24, 2.45) is 17.9 Å². The van der Waals surface area contributed by atoms with E-state index in [9.17, 15) is 0 Å². The highest BCUT2D eigenvalue weighted by Crippen LogP contribution is 2.13. The first-order chi connectivity index (χ1) is 9.19. The van der Waals surface area contributed by atoms with E-state index in [-0.39, 0.29) is 5.84 Å². The Morgan fingerprint density at radius 2 is 2.37 bits per heavy atom. The number of aromatic nitrogens is 2. The second kappa shape index (κ2) is 5.90. The van der Waals surface area contributed by atoms with E-state index in [4.69, 9.17) is 15.7 Å². The largest absolute Gasteiger partial charge is 0.493 e. The molecule has 0 bridgehead atoms. The molecule has 6 heteroatoms. The summed E-state index contributed by atoms with van der Waals surface area (Å²) in [4.78, 5) is 0. The zero-order valence-corrected chi connectivity index (χ0v) is 10.7. The molecule has 3 N–H and O–H groups in total. The van der Waals surface area contributed by atoms with Gasteiger partial charge >= 0.3 is 0 Å². The summed E-state index contributed by atoms with van der Waals surface area (Å²) in [5.74, 6) is 0.755. The van der Waals surface area contributed by atoms with Crippen LogP contribution in [0.2, 0.25) is 0 Å². The molecule has 2 rings (SSSR count). The Kier molecular flexibility index (Phi) is 4.02. The molecular weight excluding hydrogens is 244 g/mol. The van der Waals surface area contributed by atoms with Crippen LogP contribution in [0.1, 0.15) is 11.1 Å². The van der Waals surface area contributed by atoms with Crippen molar-refractivity contribution in [3.05, 3.63) is 47.8 Å². The van der Waals surface area contributed by atoms with Gasteiger partial charge in [-0.25, -0.2) is 0 Å².